The monoisotopic (exact) mass is 368 g/mol. The third-order valence-electron chi connectivity index (χ3n) is 3.54. The summed E-state index contributed by atoms with van der Waals surface area (Å²) in [5.74, 6) is 0. The number of pyridine rings is 1. The molecule has 0 fully saturated rings. The van der Waals surface area contributed by atoms with Gasteiger partial charge in [-0.15, -0.1) is 0 Å². The lowest BCUT2D eigenvalue weighted by atomic mass is 10.00. The van der Waals surface area contributed by atoms with E-state index in [-0.39, 0.29) is 0 Å². The van der Waals surface area contributed by atoms with Gasteiger partial charge in [0.2, 0.25) is 0 Å². The van der Waals surface area contributed by atoms with Crippen molar-refractivity contribution in [2.24, 2.45) is 0 Å². The van der Waals surface area contributed by atoms with Gasteiger partial charge in [-0.2, -0.15) is 13.2 Å². The summed E-state index contributed by atoms with van der Waals surface area (Å²) in [7, 11) is 0. The minimum absolute atomic E-state index is 0.504. The quantitative estimate of drug-likeness (QED) is 0.562. The largest absolute Gasteiger partial charge is 0.416 e. The zero-order chi connectivity index (χ0) is 16.1. The van der Waals surface area contributed by atoms with Crippen LogP contribution in [0.5, 0.6) is 0 Å². The predicted molar refractivity (Wildman–Crippen MR) is 82.8 cm³/mol. The number of hydrogen-bond donors (Lipinski definition) is 0. The van der Waals surface area contributed by atoms with Crippen molar-refractivity contribution >= 4 is 21.6 Å². The van der Waals surface area contributed by atoms with E-state index in [1.807, 2.05) is 30.6 Å². The Hall–Kier alpha value is -1.82. The first kappa shape index (κ1) is 15.1. The standard InChI is InChI=1S/C16H12BrF3N2/c1-9-7-22-8-13(17)10(2)14(15(22)21-9)11-4-3-5-12(6-11)16(18,19)20/h3-8H,1-2H3. The number of imidazole rings is 1. The van der Waals surface area contributed by atoms with Gasteiger partial charge in [-0.3, -0.25) is 0 Å². The number of aromatic nitrogens is 2. The number of aryl methyl sites for hydroxylation is 1. The van der Waals surface area contributed by atoms with Gasteiger partial charge < -0.3 is 4.40 Å². The minimum Gasteiger partial charge on any atom is -0.305 e. The number of nitrogens with zero attached hydrogens (tertiary/aromatic N) is 2. The maximum absolute atomic E-state index is 13.0. The molecular weight excluding hydrogens is 357 g/mol. The number of halogens is 4. The molecule has 114 valence electrons. The average molecular weight is 369 g/mol. The highest BCUT2D eigenvalue weighted by Gasteiger charge is 2.30. The van der Waals surface area contributed by atoms with Crippen LogP contribution in [0.25, 0.3) is 16.8 Å². The molecule has 1 aromatic carbocycles. The van der Waals surface area contributed by atoms with Crippen LogP contribution in [0.1, 0.15) is 16.8 Å². The average Bonchev–Trinajstić information content (AvgIpc) is 2.79. The lowest BCUT2D eigenvalue weighted by Gasteiger charge is -2.13. The van der Waals surface area contributed by atoms with E-state index >= 15 is 0 Å². The smallest absolute Gasteiger partial charge is 0.305 e. The molecule has 3 aromatic rings. The molecule has 0 aliphatic carbocycles. The second-order valence-electron chi connectivity index (χ2n) is 5.17. The Morgan fingerprint density at radius 2 is 1.86 bits per heavy atom. The molecule has 0 aliphatic rings. The van der Waals surface area contributed by atoms with Gasteiger partial charge in [0.1, 0.15) is 5.65 Å². The lowest BCUT2D eigenvalue weighted by Crippen LogP contribution is -2.05. The van der Waals surface area contributed by atoms with Gasteiger partial charge in [-0.1, -0.05) is 12.1 Å². The van der Waals surface area contributed by atoms with Gasteiger partial charge in [-0.25, -0.2) is 4.98 Å². The summed E-state index contributed by atoms with van der Waals surface area (Å²) in [6.07, 6.45) is -0.657. The molecule has 2 heterocycles. The van der Waals surface area contributed by atoms with Crippen molar-refractivity contribution in [2.75, 3.05) is 0 Å². The van der Waals surface area contributed by atoms with E-state index in [1.54, 1.807) is 6.07 Å². The molecule has 6 heteroatoms. The Bertz CT molecular complexity index is 866. The van der Waals surface area contributed by atoms with Crippen LogP contribution < -0.4 is 0 Å². The van der Waals surface area contributed by atoms with E-state index in [4.69, 9.17) is 0 Å². The summed E-state index contributed by atoms with van der Waals surface area (Å²) >= 11 is 3.46. The summed E-state index contributed by atoms with van der Waals surface area (Å²) in [4.78, 5) is 4.44. The van der Waals surface area contributed by atoms with Crippen LogP contribution in [0.4, 0.5) is 13.2 Å². The molecule has 22 heavy (non-hydrogen) atoms. The molecule has 0 saturated carbocycles. The van der Waals surface area contributed by atoms with Crippen molar-refractivity contribution in [3.63, 3.8) is 0 Å². The fourth-order valence-corrected chi connectivity index (χ4v) is 2.92. The van der Waals surface area contributed by atoms with Crippen molar-refractivity contribution < 1.29 is 13.2 Å². The summed E-state index contributed by atoms with van der Waals surface area (Å²) in [6, 6.07) is 5.34. The van der Waals surface area contributed by atoms with E-state index in [0.717, 1.165) is 21.8 Å². The van der Waals surface area contributed by atoms with E-state index in [0.29, 0.717) is 16.8 Å². The second-order valence-corrected chi connectivity index (χ2v) is 6.02. The van der Waals surface area contributed by atoms with Gasteiger partial charge in [0.15, 0.2) is 0 Å². The van der Waals surface area contributed by atoms with Crippen molar-refractivity contribution in [1.82, 2.24) is 9.38 Å². The number of hydrogen-bond acceptors (Lipinski definition) is 1. The molecule has 0 saturated heterocycles. The highest BCUT2D eigenvalue weighted by molar-refractivity contribution is 9.10. The molecule has 3 rings (SSSR count). The van der Waals surface area contributed by atoms with E-state index in [9.17, 15) is 13.2 Å². The third kappa shape index (κ3) is 2.52. The topological polar surface area (TPSA) is 17.3 Å². The predicted octanol–water partition coefficient (Wildman–Crippen LogP) is 5.40. The zero-order valence-electron chi connectivity index (χ0n) is 11.9. The highest BCUT2D eigenvalue weighted by Crippen LogP contribution is 2.36. The van der Waals surface area contributed by atoms with E-state index in [2.05, 4.69) is 20.9 Å². The fourth-order valence-electron chi connectivity index (χ4n) is 2.50. The maximum atomic E-state index is 13.0. The van der Waals surface area contributed by atoms with Crippen molar-refractivity contribution in [3.8, 4) is 11.1 Å². The van der Waals surface area contributed by atoms with Gasteiger partial charge in [0.05, 0.1) is 11.3 Å². The molecule has 0 radical (unpaired) electrons. The molecule has 0 unspecified atom stereocenters. The summed E-state index contributed by atoms with van der Waals surface area (Å²) in [6.45, 7) is 3.72. The maximum Gasteiger partial charge on any atom is 0.416 e. The number of benzene rings is 1. The third-order valence-corrected chi connectivity index (χ3v) is 4.34. The Labute approximate surface area is 133 Å². The summed E-state index contributed by atoms with van der Waals surface area (Å²) in [5.41, 5.74) is 2.87. The van der Waals surface area contributed by atoms with Crippen molar-refractivity contribution in [2.45, 2.75) is 20.0 Å². The Morgan fingerprint density at radius 3 is 2.55 bits per heavy atom. The summed E-state index contributed by atoms with van der Waals surface area (Å²) in [5, 5.41) is 0. The van der Waals surface area contributed by atoms with Gasteiger partial charge >= 0.3 is 6.18 Å². The molecule has 0 aliphatic heterocycles. The van der Waals surface area contributed by atoms with Crippen molar-refractivity contribution in [3.05, 3.63) is 58.0 Å². The zero-order valence-corrected chi connectivity index (χ0v) is 13.5. The highest BCUT2D eigenvalue weighted by atomic mass is 79.9. The van der Waals surface area contributed by atoms with Crippen LogP contribution >= 0.6 is 15.9 Å². The molecule has 0 bridgehead atoms. The molecule has 2 aromatic heterocycles. The molecule has 0 N–H and O–H groups in total. The minimum atomic E-state index is -4.36. The fraction of sp³-hybridized carbons (Fsp3) is 0.188. The van der Waals surface area contributed by atoms with E-state index in [1.165, 1.54) is 12.1 Å². The van der Waals surface area contributed by atoms with Crippen LogP contribution in [-0.4, -0.2) is 9.38 Å². The van der Waals surface area contributed by atoms with Crippen LogP contribution in [-0.2, 0) is 6.18 Å². The molecule has 0 atom stereocenters. The first-order chi connectivity index (χ1) is 10.3. The molecular formula is C16H12BrF3N2. The Kier molecular flexibility index (Phi) is 3.51. The SMILES string of the molecule is Cc1cn2cc(Br)c(C)c(-c3cccc(C(F)(F)F)c3)c2n1. The normalized spacial score (nSPS) is 12.1. The number of rotatable bonds is 1. The Morgan fingerprint density at radius 1 is 1.14 bits per heavy atom. The second kappa shape index (κ2) is 5.12. The number of fused-ring (bicyclic) bond motifs is 1. The van der Waals surface area contributed by atoms with Crippen LogP contribution in [0.3, 0.4) is 0 Å². The first-order valence-electron chi connectivity index (χ1n) is 6.59. The van der Waals surface area contributed by atoms with Crippen LogP contribution in [0.2, 0.25) is 0 Å². The molecule has 0 amide bonds. The molecule has 2 nitrogen and oxygen atoms in total. The lowest BCUT2D eigenvalue weighted by molar-refractivity contribution is -0.137. The van der Waals surface area contributed by atoms with Gasteiger partial charge in [-0.05, 0) is 53.0 Å². The van der Waals surface area contributed by atoms with Crippen LogP contribution in [0.15, 0.2) is 41.1 Å². The number of alkyl halides is 3. The molecule has 0 spiro atoms. The van der Waals surface area contributed by atoms with E-state index < -0.39 is 11.7 Å². The van der Waals surface area contributed by atoms with Gasteiger partial charge in [0.25, 0.3) is 0 Å². The van der Waals surface area contributed by atoms with Crippen molar-refractivity contribution in [1.29, 1.82) is 0 Å². The van der Waals surface area contributed by atoms with Gasteiger partial charge in [0, 0.05) is 22.4 Å². The first-order valence-corrected chi connectivity index (χ1v) is 7.38. The van der Waals surface area contributed by atoms with Crippen LogP contribution in [0, 0.1) is 13.8 Å². The Balaban J connectivity index is 2.32. The summed E-state index contributed by atoms with van der Waals surface area (Å²) < 4.78 is 41.5.